The predicted molar refractivity (Wildman–Crippen MR) is 89.0 cm³/mol. The van der Waals surface area contributed by atoms with Crippen LogP contribution in [0.5, 0.6) is 5.75 Å². The van der Waals surface area contributed by atoms with E-state index in [9.17, 15) is 4.79 Å². The highest BCUT2D eigenvalue weighted by Crippen LogP contribution is 2.25. The van der Waals surface area contributed by atoms with Crippen molar-refractivity contribution in [3.63, 3.8) is 0 Å². The maximum absolute atomic E-state index is 12.6. The van der Waals surface area contributed by atoms with Gasteiger partial charge < -0.3 is 10.1 Å². The molecule has 5 heteroatoms. The Balaban J connectivity index is 1.81. The molecule has 0 spiro atoms. The molecule has 0 saturated heterocycles. The van der Waals surface area contributed by atoms with E-state index in [1.54, 1.807) is 18.0 Å². The predicted octanol–water partition coefficient (Wildman–Crippen LogP) is 3.19. The Hall–Kier alpha value is -2.30. The number of hydrogen-bond donors (Lipinski definition) is 1. The van der Waals surface area contributed by atoms with Crippen LogP contribution in [0.2, 0.25) is 0 Å². The third-order valence-corrected chi connectivity index (χ3v) is 4.56. The topological polar surface area (TPSA) is 56.2 Å². The zero-order chi connectivity index (χ0) is 16.2. The average Bonchev–Trinajstić information content (AvgIpc) is 3.02. The van der Waals surface area contributed by atoms with Gasteiger partial charge in [-0.3, -0.25) is 4.79 Å². The van der Waals surface area contributed by atoms with Crippen LogP contribution in [0, 0.1) is 5.92 Å². The number of benzene rings is 1. The van der Waals surface area contributed by atoms with Crippen LogP contribution in [-0.4, -0.2) is 28.8 Å². The van der Waals surface area contributed by atoms with Crippen molar-refractivity contribution in [2.45, 2.75) is 38.6 Å². The molecule has 2 aromatic rings. The molecule has 1 saturated carbocycles. The summed E-state index contributed by atoms with van der Waals surface area (Å²) in [6, 6.07) is 9.93. The highest BCUT2D eigenvalue weighted by Gasteiger charge is 2.26. The van der Waals surface area contributed by atoms with E-state index in [-0.39, 0.29) is 11.9 Å². The van der Waals surface area contributed by atoms with Crippen LogP contribution in [0.1, 0.15) is 43.1 Å². The molecule has 2 unspecified atom stereocenters. The van der Waals surface area contributed by atoms with Gasteiger partial charge in [-0.2, -0.15) is 5.10 Å². The van der Waals surface area contributed by atoms with Gasteiger partial charge >= 0.3 is 0 Å². The number of rotatable bonds is 4. The quantitative estimate of drug-likeness (QED) is 0.943. The average molecular weight is 313 g/mol. The number of aromatic nitrogens is 2. The van der Waals surface area contributed by atoms with Crippen LogP contribution < -0.4 is 10.1 Å². The monoisotopic (exact) mass is 313 g/mol. The van der Waals surface area contributed by atoms with E-state index in [1.807, 2.05) is 30.3 Å². The standard InChI is InChI=1S/C18H23N3O2/c1-13-8-6-7-11-15(13)19-18(22)17-16(23-2)12-21(20-17)14-9-4-3-5-10-14/h3-5,9-10,12-13,15H,6-8,11H2,1-2H3,(H,19,22). The third-order valence-electron chi connectivity index (χ3n) is 4.56. The Labute approximate surface area is 136 Å². The number of hydrogen-bond acceptors (Lipinski definition) is 3. The largest absolute Gasteiger partial charge is 0.493 e. The number of carbonyl (C=O) groups is 1. The van der Waals surface area contributed by atoms with E-state index >= 15 is 0 Å². The van der Waals surface area contributed by atoms with Gasteiger partial charge in [-0.25, -0.2) is 4.68 Å². The van der Waals surface area contributed by atoms with Gasteiger partial charge in [0, 0.05) is 6.04 Å². The van der Waals surface area contributed by atoms with Crippen LogP contribution in [0.3, 0.4) is 0 Å². The van der Waals surface area contributed by atoms with E-state index < -0.39 is 0 Å². The van der Waals surface area contributed by atoms with Crippen molar-refractivity contribution in [3.05, 3.63) is 42.2 Å². The second kappa shape index (κ2) is 6.86. The van der Waals surface area contributed by atoms with Crippen molar-refractivity contribution in [3.8, 4) is 11.4 Å². The molecule has 1 heterocycles. The Morgan fingerprint density at radius 2 is 2.00 bits per heavy atom. The highest BCUT2D eigenvalue weighted by atomic mass is 16.5. The Morgan fingerprint density at radius 1 is 1.26 bits per heavy atom. The first-order valence-corrected chi connectivity index (χ1v) is 8.19. The molecule has 1 aliphatic carbocycles. The van der Waals surface area contributed by atoms with E-state index in [0.29, 0.717) is 17.4 Å². The van der Waals surface area contributed by atoms with Crippen molar-refractivity contribution in [2.24, 2.45) is 5.92 Å². The van der Waals surface area contributed by atoms with Gasteiger partial charge in [0.2, 0.25) is 0 Å². The van der Waals surface area contributed by atoms with Gasteiger partial charge in [-0.1, -0.05) is 38.0 Å². The number of nitrogens with one attached hydrogen (secondary N) is 1. The number of amides is 1. The lowest BCUT2D eigenvalue weighted by Crippen LogP contribution is -2.41. The second-order valence-corrected chi connectivity index (χ2v) is 6.17. The van der Waals surface area contributed by atoms with E-state index in [1.165, 1.54) is 19.3 Å². The first kappa shape index (κ1) is 15.6. The fourth-order valence-corrected chi connectivity index (χ4v) is 3.15. The summed E-state index contributed by atoms with van der Waals surface area (Å²) in [4.78, 5) is 12.6. The molecule has 0 radical (unpaired) electrons. The first-order chi connectivity index (χ1) is 11.2. The third kappa shape index (κ3) is 3.38. The molecule has 2 atom stereocenters. The maximum Gasteiger partial charge on any atom is 0.275 e. The van der Waals surface area contributed by atoms with E-state index in [4.69, 9.17) is 4.74 Å². The molecule has 122 valence electrons. The van der Waals surface area contributed by atoms with Gasteiger partial charge in [-0.05, 0) is 30.9 Å². The Bertz CT molecular complexity index is 666. The number of methoxy groups -OCH3 is 1. The summed E-state index contributed by atoms with van der Waals surface area (Å²) in [6.45, 7) is 2.20. The molecule has 1 aliphatic rings. The number of carbonyl (C=O) groups excluding carboxylic acids is 1. The molecule has 1 amide bonds. The van der Waals surface area contributed by atoms with E-state index in [2.05, 4.69) is 17.3 Å². The Kier molecular flexibility index (Phi) is 4.65. The molecule has 0 aliphatic heterocycles. The van der Waals surface area contributed by atoms with Crippen molar-refractivity contribution < 1.29 is 9.53 Å². The molecule has 1 fully saturated rings. The van der Waals surface area contributed by atoms with E-state index in [0.717, 1.165) is 12.1 Å². The molecule has 1 N–H and O–H groups in total. The van der Waals surface area contributed by atoms with Crippen molar-refractivity contribution >= 4 is 5.91 Å². The minimum Gasteiger partial charge on any atom is -0.493 e. The summed E-state index contributed by atoms with van der Waals surface area (Å²) < 4.78 is 7.02. The highest BCUT2D eigenvalue weighted by molar-refractivity contribution is 5.95. The van der Waals surface area contributed by atoms with Crippen LogP contribution >= 0.6 is 0 Å². The smallest absolute Gasteiger partial charge is 0.275 e. The maximum atomic E-state index is 12.6. The second-order valence-electron chi connectivity index (χ2n) is 6.17. The van der Waals surface area contributed by atoms with Gasteiger partial charge in [0.05, 0.1) is 19.0 Å². The lowest BCUT2D eigenvalue weighted by atomic mass is 9.86. The van der Waals surface area contributed by atoms with Gasteiger partial charge in [0.15, 0.2) is 11.4 Å². The molecule has 1 aromatic carbocycles. The van der Waals surface area contributed by atoms with Crippen LogP contribution in [0.25, 0.3) is 5.69 Å². The molecule has 23 heavy (non-hydrogen) atoms. The lowest BCUT2D eigenvalue weighted by Gasteiger charge is -2.29. The number of ether oxygens (including phenoxy) is 1. The van der Waals surface area contributed by atoms with Crippen LogP contribution in [-0.2, 0) is 0 Å². The SMILES string of the molecule is COc1cn(-c2ccccc2)nc1C(=O)NC1CCCCC1C. The summed E-state index contributed by atoms with van der Waals surface area (Å²) in [5.74, 6) is 0.847. The fourth-order valence-electron chi connectivity index (χ4n) is 3.15. The Morgan fingerprint density at radius 3 is 2.70 bits per heavy atom. The van der Waals surface area contributed by atoms with Crippen LogP contribution in [0.15, 0.2) is 36.5 Å². The number of para-hydroxylation sites is 1. The summed E-state index contributed by atoms with van der Waals surface area (Å²) >= 11 is 0. The molecule has 3 rings (SSSR count). The summed E-state index contributed by atoms with van der Waals surface area (Å²) in [6.07, 6.45) is 6.37. The minimum atomic E-state index is -0.157. The zero-order valence-electron chi connectivity index (χ0n) is 13.7. The molecular weight excluding hydrogens is 290 g/mol. The lowest BCUT2D eigenvalue weighted by molar-refractivity contribution is 0.0901. The molecular formula is C18H23N3O2. The fraction of sp³-hybridized carbons (Fsp3) is 0.444. The summed E-state index contributed by atoms with van der Waals surface area (Å²) in [5.41, 5.74) is 1.24. The summed E-state index contributed by atoms with van der Waals surface area (Å²) in [7, 11) is 1.56. The van der Waals surface area contributed by atoms with Crippen molar-refractivity contribution in [2.75, 3.05) is 7.11 Å². The van der Waals surface area contributed by atoms with Crippen LogP contribution in [0.4, 0.5) is 0 Å². The van der Waals surface area contributed by atoms with Gasteiger partial charge in [0.25, 0.3) is 5.91 Å². The van der Waals surface area contributed by atoms with Crippen molar-refractivity contribution in [1.82, 2.24) is 15.1 Å². The number of nitrogens with zero attached hydrogens (tertiary/aromatic N) is 2. The van der Waals surface area contributed by atoms with Gasteiger partial charge in [0.1, 0.15) is 0 Å². The van der Waals surface area contributed by atoms with Crippen molar-refractivity contribution in [1.29, 1.82) is 0 Å². The molecule has 5 nitrogen and oxygen atoms in total. The summed E-state index contributed by atoms with van der Waals surface area (Å²) in [5, 5.41) is 7.55. The molecule has 0 bridgehead atoms. The zero-order valence-corrected chi connectivity index (χ0v) is 13.7. The van der Waals surface area contributed by atoms with Gasteiger partial charge in [-0.15, -0.1) is 0 Å². The molecule has 1 aromatic heterocycles. The minimum absolute atomic E-state index is 0.157. The normalized spacial score (nSPS) is 21.0. The first-order valence-electron chi connectivity index (χ1n) is 8.19.